The maximum absolute atomic E-state index is 11.6. The molecule has 1 aliphatic heterocycles. The number of nitrogens with zero attached hydrogens (tertiary/aromatic N) is 3. The fraction of sp³-hybridized carbons (Fsp3) is 0.278. The maximum Gasteiger partial charge on any atom is 0.357 e. The molecule has 0 spiro atoms. The molecule has 126 valence electrons. The maximum atomic E-state index is 11.6. The lowest BCUT2D eigenvalue weighted by Crippen LogP contribution is -2.20. The van der Waals surface area contributed by atoms with Crippen LogP contribution in [0.25, 0.3) is 21.5 Å². The molecule has 0 fully saturated rings. The van der Waals surface area contributed by atoms with E-state index in [-0.39, 0.29) is 11.7 Å². The highest BCUT2D eigenvalue weighted by Gasteiger charge is 2.22. The lowest BCUT2D eigenvalue weighted by atomic mass is 10.1. The molecular weight excluding hydrogens is 338 g/mol. The number of ether oxygens (including phenoxy) is 2. The quantitative estimate of drug-likeness (QED) is 0.659. The molecule has 0 radical (unpaired) electrons. The van der Waals surface area contributed by atoms with Gasteiger partial charge in [-0.15, -0.1) is 11.3 Å². The van der Waals surface area contributed by atoms with E-state index in [0.29, 0.717) is 23.8 Å². The first-order chi connectivity index (χ1) is 12.1. The molecule has 0 saturated heterocycles. The van der Waals surface area contributed by atoms with E-state index in [1.165, 1.54) is 18.4 Å². The number of carbonyl (C=O) groups excluding carboxylic acids is 1. The number of nitriles is 1. The summed E-state index contributed by atoms with van der Waals surface area (Å²) in [4.78, 5) is 15.9. The van der Waals surface area contributed by atoms with Gasteiger partial charge in [0.15, 0.2) is 5.69 Å². The van der Waals surface area contributed by atoms with Crippen molar-refractivity contribution in [3.05, 3.63) is 40.5 Å². The molecule has 25 heavy (non-hydrogen) atoms. The molecule has 1 aromatic carbocycles. The Morgan fingerprint density at radius 2 is 2.32 bits per heavy atom. The summed E-state index contributed by atoms with van der Waals surface area (Å²) in [5.74, 6) is -0.464. The van der Waals surface area contributed by atoms with Gasteiger partial charge in [0.25, 0.3) is 0 Å². The molecule has 6 nitrogen and oxygen atoms in total. The van der Waals surface area contributed by atoms with Crippen LogP contribution in [-0.4, -0.2) is 29.2 Å². The zero-order valence-electron chi connectivity index (χ0n) is 13.8. The third kappa shape index (κ3) is 2.51. The second-order valence-electron chi connectivity index (χ2n) is 5.97. The van der Waals surface area contributed by atoms with Crippen LogP contribution in [0, 0.1) is 11.3 Å². The minimum Gasteiger partial charge on any atom is -0.464 e. The number of benzene rings is 1. The summed E-state index contributed by atoms with van der Waals surface area (Å²) >= 11 is 1.36. The number of thiazole rings is 1. The van der Waals surface area contributed by atoms with Gasteiger partial charge in [-0.25, -0.2) is 9.78 Å². The molecule has 0 bridgehead atoms. The summed E-state index contributed by atoms with van der Waals surface area (Å²) in [6.45, 7) is 3.27. The lowest BCUT2D eigenvalue weighted by molar-refractivity contribution is 0.0595. The first-order valence-corrected chi connectivity index (χ1v) is 8.70. The van der Waals surface area contributed by atoms with Crippen LogP contribution < -0.4 is 0 Å². The van der Waals surface area contributed by atoms with Crippen molar-refractivity contribution >= 4 is 28.2 Å². The molecule has 4 rings (SSSR count). The van der Waals surface area contributed by atoms with Crippen LogP contribution in [0.3, 0.4) is 0 Å². The number of hydrogen-bond donors (Lipinski definition) is 0. The Kier molecular flexibility index (Phi) is 3.79. The Morgan fingerprint density at radius 3 is 3.08 bits per heavy atom. The third-order valence-corrected chi connectivity index (χ3v) is 5.22. The minimum absolute atomic E-state index is 0.185. The van der Waals surface area contributed by atoms with Crippen LogP contribution in [-0.2, 0) is 16.1 Å². The summed E-state index contributed by atoms with van der Waals surface area (Å²) < 4.78 is 12.5. The van der Waals surface area contributed by atoms with Gasteiger partial charge in [0.2, 0.25) is 0 Å². The van der Waals surface area contributed by atoms with E-state index in [9.17, 15) is 10.1 Å². The number of carbonyl (C=O) groups is 1. The Balaban J connectivity index is 1.89. The first-order valence-electron chi connectivity index (χ1n) is 7.82. The largest absolute Gasteiger partial charge is 0.464 e. The Morgan fingerprint density at radius 1 is 1.48 bits per heavy atom. The Bertz CT molecular complexity index is 1030. The summed E-state index contributed by atoms with van der Waals surface area (Å²) in [5, 5.41) is 13.0. The highest BCUT2D eigenvalue weighted by atomic mass is 32.1. The van der Waals surface area contributed by atoms with E-state index in [1.54, 1.807) is 5.38 Å². The minimum atomic E-state index is -0.464. The zero-order valence-corrected chi connectivity index (χ0v) is 14.6. The van der Waals surface area contributed by atoms with E-state index in [2.05, 4.69) is 28.6 Å². The summed E-state index contributed by atoms with van der Waals surface area (Å²) in [6.07, 6.45) is 0. The predicted octanol–water partition coefficient (Wildman–Crippen LogP) is 3.51. The molecule has 1 unspecified atom stereocenters. The van der Waals surface area contributed by atoms with Crippen molar-refractivity contribution in [1.82, 2.24) is 9.55 Å². The Labute approximate surface area is 148 Å². The first kappa shape index (κ1) is 15.8. The van der Waals surface area contributed by atoms with Crippen LogP contribution in [0.4, 0.5) is 0 Å². The van der Waals surface area contributed by atoms with Gasteiger partial charge in [0.05, 0.1) is 37.4 Å². The third-order valence-electron chi connectivity index (χ3n) is 4.33. The number of hydrogen-bond acceptors (Lipinski definition) is 6. The number of esters is 1. The number of aromatic nitrogens is 2. The van der Waals surface area contributed by atoms with Gasteiger partial charge in [-0.05, 0) is 25.1 Å². The number of fused-ring (bicyclic) bond motifs is 3. The van der Waals surface area contributed by atoms with E-state index in [1.807, 2.05) is 12.1 Å². The van der Waals surface area contributed by atoms with Gasteiger partial charge in [-0.1, -0.05) is 0 Å². The van der Waals surface area contributed by atoms with Crippen molar-refractivity contribution in [1.29, 1.82) is 5.26 Å². The second kappa shape index (κ2) is 5.99. The van der Waals surface area contributed by atoms with Gasteiger partial charge in [0, 0.05) is 22.0 Å². The van der Waals surface area contributed by atoms with Gasteiger partial charge < -0.3 is 14.0 Å². The highest BCUT2D eigenvalue weighted by Crippen LogP contribution is 2.35. The molecule has 7 heteroatoms. The topological polar surface area (TPSA) is 77.1 Å². The molecule has 0 amide bonds. The second-order valence-corrected chi connectivity index (χ2v) is 6.83. The van der Waals surface area contributed by atoms with Crippen molar-refractivity contribution in [3.63, 3.8) is 0 Å². The van der Waals surface area contributed by atoms with Gasteiger partial charge in [-0.2, -0.15) is 5.26 Å². The van der Waals surface area contributed by atoms with Crippen molar-refractivity contribution in [2.24, 2.45) is 0 Å². The molecule has 0 aliphatic carbocycles. The molecule has 1 aliphatic rings. The highest BCUT2D eigenvalue weighted by molar-refractivity contribution is 7.13. The zero-order chi connectivity index (χ0) is 17.6. The molecule has 3 aromatic rings. The van der Waals surface area contributed by atoms with Gasteiger partial charge in [-0.3, -0.25) is 0 Å². The fourth-order valence-corrected chi connectivity index (χ4v) is 4.04. The molecule has 2 aromatic heterocycles. The lowest BCUT2D eigenvalue weighted by Gasteiger charge is -2.24. The SMILES string of the molecule is COC(=O)c1csc(-c2cc(C#N)c3c(c2)cc2n3C(C)COC2)n1. The average molecular weight is 353 g/mol. The predicted molar refractivity (Wildman–Crippen MR) is 93.5 cm³/mol. The summed E-state index contributed by atoms with van der Waals surface area (Å²) in [5.41, 5.74) is 3.70. The van der Waals surface area contributed by atoms with Crippen LogP contribution >= 0.6 is 11.3 Å². The van der Waals surface area contributed by atoms with Crippen LogP contribution in [0.15, 0.2) is 23.6 Å². The van der Waals surface area contributed by atoms with E-state index >= 15 is 0 Å². The molecule has 3 heterocycles. The van der Waals surface area contributed by atoms with Crippen molar-refractivity contribution in [2.45, 2.75) is 19.6 Å². The molecule has 1 atom stereocenters. The molecular formula is C18H15N3O3S. The van der Waals surface area contributed by atoms with Crippen LogP contribution in [0.2, 0.25) is 0 Å². The average Bonchev–Trinajstić information content (AvgIpc) is 3.25. The van der Waals surface area contributed by atoms with Crippen molar-refractivity contribution in [2.75, 3.05) is 13.7 Å². The normalized spacial score (nSPS) is 16.4. The molecule has 0 N–H and O–H groups in total. The van der Waals surface area contributed by atoms with E-state index in [0.717, 1.165) is 22.2 Å². The molecule has 0 saturated carbocycles. The van der Waals surface area contributed by atoms with E-state index in [4.69, 9.17) is 9.47 Å². The Hall–Kier alpha value is -2.69. The summed E-state index contributed by atoms with van der Waals surface area (Å²) in [7, 11) is 1.33. The van der Waals surface area contributed by atoms with Crippen LogP contribution in [0.1, 0.15) is 34.7 Å². The smallest absolute Gasteiger partial charge is 0.357 e. The summed E-state index contributed by atoms with van der Waals surface area (Å²) in [6, 6.07) is 8.39. The van der Waals surface area contributed by atoms with Crippen molar-refractivity contribution in [3.8, 4) is 16.6 Å². The van der Waals surface area contributed by atoms with Gasteiger partial charge in [0.1, 0.15) is 11.1 Å². The monoisotopic (exact) mass is 353 g/mol. The number of rotatable bonds is 2. The van der Waals surface area contributed by atoms with Gasteiger partial charge >= 0.3 is 5.97 Å². The standard InChI is InChI=1S/C18H15N3O3S/c1-10-7-24-8-14-5-11-3-12(4-13(6-19)16(11)21(10)14)17-20-15(9-25-17)18(22)23-2/h3-5,9-10H,7-8H2,1-2H3. The number of methoxy groups -OCH3 is 1. The fourth-order valence-electron chi connectivity index (χ4n) is 3.27. The van der Waals surface area contributed by atoms with E-state index < -0.39 is 5.97 Å². The van der Waals surface area contributed by atoms with Crippen molar-refractivity contribution < 1.29 is 14.3 Å². The van der Waals surface area contributed by atoms with Crippen LogP contribution in [0.5, 0.6) is 0 Å².